The molecule has 7 rings (SSSR count). The third-order valence-electron chi connectivity index (χ3n) is 7.27. The highest BCUT2D eigenvalue weighted by molar-refractivity contribution is 6.01. The largest absolute Gasteiger partial charge is 0.493 e. The molecule has 0 aliphatic carbocycles. The van der Waals surface area contributed by atoms with Gasteiger partial charge in [0, 0.05) is 40.6 Å². The molecule has 0 fully saturated rings. The number of esters is 1. The lowest BCUT2D eigenvalue weighted by Crippen LogP contribution is -2.31. The van der Waals surface area contributed by atoms with Crippen LogP contribution in [0.5, 0.6) is 5.75 Å². The van der Waals surface area contributed by atoms with E-state index in [4.69, 9.17) is 14.5 Å². The van der Waals surface area contributed by atoms with Crippen molar-refractivity contribution in [2.24, 2.45) is 0 Å². The molecule has 0 amide bonds. The Morgan fingerprint density at radius 2 is 1.91 bits per heavy atom. The van der Waals surface area contributed by atoms with Crippen molar-refractivity contribution in [1.82, 2.24) is 9.55 Å². The Balaban J connectivity index is 1.57. The van der Waals surface area contributed by atoms with Gasteiger partial charge in [-0.1, -0.05) is 0 Å². The predicted octanol–water partition coefficient (Wildman–Crippen LogP) is 4.47. The number of cyclic esters (lactones) is 1. The number of fused-ring (bicyclic) bond motifs is 6. The number of carbonyl (C=O) groups excluding carboxylic acids is 1. The van der Waals surface area contributed by atoms with Crippen LogP contribution >= 0.6 is 0 Å². The quantitative estimate of drug-likeness (QED) is 0.337. The number of hydrogen-bond donors (Lipinski definition) is 0. The number of rotatable bonds is 1. The first-order chi connectivity index (χ1) is 16.9. The van der Waals surface area contributed by atoms with Crippen LogP contribution in [0.25, 0.3) is 33.4 Å². The van der Waals surface area contributed by atoms with Gasteiger partial charge in [-0.2, -0.15) is 0 Å². The third-order valence-corrected chi connectivity index (χ3v) is 7.27. The van der Waals surface area contributed by atoms with Crippen LogP contribution in [0.1, 0.15) is 35.1 Å². The lowest BCUT2D eigenvalue weighted by Gasteiger charge is -2.22. The summed E-state index contributed by atoms with van der Waals surface area (Å²) in [6.45, 7) is 2.37. The van der Waals surface area contributed by atoms with Crippen molar-refractivity contribution in [3.8, 4) is 28.3 Å². The Labute approximate surface area is 197 Å². The number of pyridine rings is 2. The average molecular weight is 472 g/mol. The minimum absolute atomic E-state index is 0.0765. The molecule has 8 heteroatoms. The molecule has 35 heavy (non-hydrogen) atoms. The summed E-state index contributed by atoms with van der Waals surface area (Å²) in [5.74, 6) is -1.58. The maximum Gasteiger partial charge on any atom is 0.313 e. The first-order valence-corrected chi connectivity index (χ1v) is 11.4. The lowest BCUT2D eigenvalue weighted by molar-refractivity contribution is -0.147. The van der Waals surface area contributed by atoms with E-state index in [9.17, 15) is 14.0 Å². The molecular weight excluding hydrogens is 454 g/mol. The monoisotopic (exact) mass is 472 g/mol. The van der Waals surface area contributed by atoms with Gasteiger partial charge in [0.2, 0.25) is 0 Å². The lowest BCUT2D eigenvalue weighted by atomic mass is 9.92. The Morgan fingerprint density at radius 3 is 2.74 bits per heavy atom. The second-order valence-electron chi connectivity index (χ2n) is 9.20. The summed E-state index contributed by atoms with van der Waals surface area (Å²) < 4.78 is 41.5. The molecule has 1 unspecified atom stereocenters. The van der Waals surface area contributed by atoms with Gasteiger partial charge in [0.15, 0.2) is 0 Å². The van der Waals surface area contributed by atoms with Crippen LogP contribution in [-0.4, -0.2) is 22.1 Å². The topological polar surface area (TPSA) is 70.4 Å². The van der Waals surface area contributed by atoms with E-state index >= 15 is 4.39 Å². The molecule has 2 aromatic heterocycles. The maximum atomic E-state index is 15.1. The molecule has 0 N–H and O–H groups in total. The summed E-state index contributed by atoms with van der Waals surface area (Å²) in [6.07, 6.45) is 0.728. The molecule has 174 valence electrons. The molecule has 2 aromatic carbocycles. The zero-order chi connectivity index (χ0) is 24.0. The summed E-state index contributed by atoms with van der Waals surface area (Å²) in [4.78, 5) is 30.5. The highest BCUT2D eigenvalue weighted by Crippen LogP contribution is 2.44. The summed E-state index contributed by atoms with van der Waals surface area (Å²) in [5, 5.41) is 0.719. The second kappa shape index (κ2) is 6.97. The standard InChI is InChI=1S/C27H18F2N2O4/c1-12-16-8-22-25-18(10-31(22)26(32)19(16)11-35-27(12)33)24(15-3-2-14(28)7-20(15)29)17-6-13-4-5-34-23(13)9-21(17)30-25/h2-3,6-9,12H,4-5,10-11H2,1H3. The van der Waals surface area contributed by atoms with Crippen LogP contribution in [0.15, 0.2) is 41.2 Å². The summed E-state index contributed by atoms with van der Waals surface area (Å²) >= 11 is 0. The number of aromatic nitrogens is 2. The second-order valence-corrected chi connectivity index (χ2v) is 9.20. The van der Waals surface area contributed by atoms with Crippen LogP contribution in [0, 0.1) is 11.6 Å². The van der Waals surface area contributed by atoms with E-state index < -0.39 is 17.6 Å². The van der Waals surface area contributed by atoms with Crippen molar-refractivity contribution in [1.29, 1.82) is 0 Å². The number of hydrogen-bond acceptors (Lipinski definition) is 5. The molecule has 0 radical (unpaired) electrons. The van der Waals surface area contributed by atoms with E-state index in [0.29, 0.717) is 45.8 Å². The van der Waals surface area contributed by atoms with Gasteiger partial charge in [-0.25, -0.2) is 13.8 Å². The minimum atomic E-state index is -0.688. The Hall–Kier alpha value is -4.07. The number of ether oxygens (including phenoxy) is 2. The highest BCUT2D eigenvalue weighted by atomic mass is 19.1. The molecule has 0 spiro atoms. The van der Waals surface area contributed by atoms with Gasteiger partial charge in [0.25, 0.3) is 5.56 Å². The van der Waals surface area contributed by atoms with E-state index in [2.05, 4.69) is 0 Å². The van der Waals surface area contributed by atoms with E-state index in [1.807, 2.05) is 18.2 Å². The molecule has 0 saturated carbocycles. The normalized spacial score (nSPS) is 17.5. The van der Waals surface area contributed by atoms with Crippen molar-refractivity contribution in [3.63, 3.8) is 0 Å². The average Bonchev–Trinajstić information content (AvgIpc) is 3.44. The summed E-state index contributed by atoms with van der Waals surface area (Å²) in [5.41, 5.74) is 5.02. The Morgan fingerprint density at radius 1 is 1.06 bits per heavy atom. The smallest absolute Gasteiger partial charge is 0.313 e. The van der Waals surface area contributed by atoms with Gasteiger partial charge in [0.1, 0.15) is 24.0 Å². The number of nitrogens with zero attached hydrogens (tertiary/aromatic N) is 2. The van der Waals surface area contributed by atoms with Gasteiger partial charge in [-0.15, -0.1) is 0 Å². The van der Waals surface area contributed by atoms with Crippen LogP contribution in [0.4, 0.5) is 8.78 Å². The van der Waals surface area contributed by atoms with Crippen LogP contribution in [-0.2, 0) is 29.1 Å². The van der Waals surface area contributed by atoms with Crippen molar-refractivity contribution in [2.45, 2.75) is 32.4 Å². The van der Waals surface area contributed by atoms with E-state index in [1.54, 1.807) is 11.5 Å². The van der Waals surface area contributed by atoms with Crippen molar-refractivity contribution >= 4 is 16.9 Å². The van der Waals surface area contributed by atoms with Gasteiger partial charge >= 0.3 is 5.97 Å². The Kier molecular flexibility index (Phi) is 4.05. The number of carbonyl (C=O) groups is 1. The molecule has 0 bridgehead atoms. The van der Waals surface area contributed by atoms with E-state index in [0.717, 1.165) is 29.2 Å². The van der Waals surface area contributed by atoms with Crippen LogP contribution in [0.3, 0.4) is 0 Å². The summed E-state index contributed by atoms with van der Waals surface area (Å²) in [6, 6.07) is 9.12. The van der Waals surface area contributed by atoms with E-state index in [1.165, 1.54) is 12.1 Å². The maximum absolute atomic E-state index is 15.1. The third kappa shape index (κ3) is 2.76. The molecule has 1 atom stereocenters. The zero-order valence-corrected chi connectivity index (χ0v) is 18.7. The van der Waals surface area contributed by atoms with E-state index in [-0.39, 0.29) is 30.2 Å². The highest BCUT2D eigenvalue weighted by Gasteiger charge is 2.34. The molecular formula is C27H18F2N2O4. The molecule has 6 nitrogen and oxygen atoms in total. The molecule has 4 aromatic rings. The van der Waals surface area contributed by atoms with Crippen molar-refractivity contribution < 1.29 is 23.0 Å². The fraction of sp³-hybridized carbons (Fsp3) is 0.222. The Bertz CT molecular complexity index is 1690. The van der Waals surface area contributed by atoms with Crippen LogP contribution < -0.4 is 10.3 Å². The molecule has 5 heterocycles. The molecule has 0 saturated heterocycles. The van der Waals surface area contributed by atoms with Crippen molar-refractivity contribution in [2.75, 3.05) is 6.61 Å². The fourth-order valence-electron chi connectivity index (χ4n) is 5.49. The number of benzene rings is 2. The predicted molar refractivity (Wildman–Crippen MR) is 123 cm³/mol. The van der Waals surface area contributed by atoms with Crippen LogP contribution in [0.2, 0.25) is 0 Å². The first-order valence-electron chi connectivity index (χ1n) is 11.4. The van der Waals surface area contributed by atoms with Gasteiger partial charge in [-0.3, -0.25) is 9.59 Å². The van der Waals surface area contributed by atoms with Gasteiger partial charge < -0.3 is 14.0 Å². The first kappa shape index (κ1) is 20.3. The molecule has 3 aliphatic rings. The SMILES string of the molecule is CC1C(=O)OCc2c1cc1n(c2=O)Cc2c-1nc1cc3c(cc1c2-c1ccc(F)cc1F)CCO3. The minimum Gasteiger partial charge on any atom is -0.493 e. The van der Waals surface area contributed by atoms with Crippen molar-refractivity contribution in [3.05, 3.63) is 80.6 Å². The summed E-state index contributed by atoms with van der Waals surface area (Å²) in [7, 11) is 0. The van der Waals surface area contributed by atoms with Gasteiger partial charge in [0.05, 0.1) is 41.5 Å². The zero-order valence-electron chi connectivity index (χ0n) is 18.7. The van der Waals surface area contributed by atoms with Gasteiger partial charge in [-0.05, 0) is 42.3 Å². The fourth-order valence-corrected chi connectivity index (χ4v) is 5.49. The molecule has 3 aliphatic heterocycles. The number of halogens is 2.